The van der Waals surface area contributed by atoms with Gasteiger partial charge in [-0.15, -0.1) is 0 Å². The average Bonchev–Trinajstić information content (AvgIpc) is 3.71. The number of nitrogens with two attached hydrogens (primary N) is 1. The third kappa shape index (κ3) is 0.285. The van der Waals surface area contributed by atoms with Gasteiger partial charge >= 0.3 is 149 Å². The van der Waals surface area contributed by atoms with Crippen LogP contribution in [0.5, 0.6) is 0 Å². The molecule has 0 aliphatic carbocycles. The predicted octanol–water partition coefficient (Wildman–Crippen LogP) is 9.34. The van der Waals surface area contributed by atoms with E-state index in [0.29, 0.717) is 0 Å². The minimum atomic E-state index is -3.35. The monoisotopic (exact) mass is 453 g/mol. The molecule has 10 saturated heterocycles. The molecule has 30 heavy (non-hydrogen) atoms. The standard InChI is InChI=1S/C23H42N.C5H5.Fe/c1-4-5-6-7-8-9-10-11-12-13-14-15-16-17-22-18-23(19-24)21(3)20(22)2;1-2-4-5-3-1;/h18H,4-17,19,24H2,1-3H3;1-5H;. The Morgan fingerprint density at radius 1 is 0.600 bits per heavy atom. The van der Waals surface area contributed by atoms with Gasteiger partial charge in [0.05, 0.1) is 0 Å². The third-order valence-electron chi connectivity index (χ3n) is 21.4. The van der Waals surface area contributed by atoms with Gasteiger partial charge in [-0.2, -0.15) is 0 Å². The summed E-state index contributed by atoms with van der Waals surface area (Å²) in [5.41, 5.74) is 6.72. The maximum atomic E-state index is 6.72. The molecule has 5 atom stereocenters. The Kier molecular flexibility index (Phi) is 1.29. The van der Waals surface area contributed by atoms with E-state index < -0.39 is 6.51 Å². The van der Waals surface area contributed by atoms with Crippen molar-refractivity contribution < 1.29 is 6.51 Å². The van der Waals surface area contributed by atoms with Crippen molar-refractivity contribution in [3.63, 3.8) is 0 Å². The van der Waals surface area contributed by atoms with E-state index in [-0.39, 0.29) is 0 Å². The van der Waals surface area contributed by atoms with Crippen LogP contribution in [0.1, 0.15) is 111 Å². The van der Waals surface area contributed by atoms with Crippen LogP contribution in [0.15, 0.2) is 0 Å². The summed E-state index contributed by atoms with van der Waals surface area (Å²) < 4.78 is 3.73. The van der Waals surface area contributed by atoms with Crippen molar-refractivity contribution in [2.75, 3.05) is 6.54 Å². The molecule has 10 aliphatic rings. The Hall–Kier alpha value is 0.479. The quantitative estimate of drug-likeness (QED) is 0.194. The van der Waals surface area contributed by atoms with E-state index in [1.165, 1.54) is 99.5 Å². The SMILES string of the molecule is CCCCCCCCCCCCCCC[C]12[CH]3[C]4(CN)[C]5(C)[C]1(C)[Fe]34251678[CH]2[CH]1[CH]6[CH]7[CH]28. The van der Waals surface area contributed by atoms with Gasteiger partial charge in [-0.25, -0.2) is 0 Å². The van der Waals surface area contributed by atoms with Crippen molar-refractivity contribution in [2.45, 2.75) is 157 Å². The first-order chi connectivity index (χ1) is 14.3. The second-order valence-electron chi connectivity index (χ2n) is 16.1. The average molecular weight is 454 g/mol. The maximum absolute atomic E-state index is 6.72. The van der Waals surface area contributed by atoms with Crippen molar-refractivity contribution in [3.8, 4) is 0 Å². The van der Waals surface area contributed by atoms with E-state index in [4.69, 9.17) is 5.73 Å². The topological polar surface area (TPSA) is 26.0 Å². The molecule has 10 aliphatic heterocycles. The summed E-state index contributed by atoms with van der Waals surface area (Å²) in [6.45, 7) is 5.91. The van der Waals surface area contributed by atoms with Gasteiger partial charge in [0.25, 0.3) is 0 Å². The Balaban J connectivity index is 0.764. The molecular formula is C28H47FeN. The van der Waals surface area contributed by atoms with Crippen molar-refractivity contribution in [1.82, 2.24) is 0 Å². The molecule has 1 spiro atoms. The molecule has 0 aromatic carbocycles. The summed E-state index contributed by atoms with van der Waals surface area (Å²) in [4.78, 5) is 8.27. The van der Waals surface area contributed by atoms with Crippen LogP contribution in [-0.4, -0.2) is 6.54 Å². The fourth-order valence-corrected chi connectivity index (χ4v) is 108. The number of unbranched alkanes of at least 4 members (excludes halogenated alkanes) is 12. The van der Waals surface area contributed by atoms with Crippen LogP contribution >= 0.6 is 0 Å². The predicted molar refractivity (Wildman–Crippen MR) is 124 cm³/mol. The van der Waals surface area contributed by atoms with Crippen molar-refractivity contribution >= 4 is 0 Å². The van der Waals surface area contributed by atoms with Gasteiger partial charge < -0.3 is 0 Å². The normalized spacial score (nSPS) is 80.3. The van der Waals surface area contributed by atoms with Gasteiger partial charge in [0, 0.05) is 0 Å². The Morgan fingerprint density at radius 2 is 1.00 bits per heavy atom. The van der Waals surface area contributed by atoms with Gasteiger partial charge in [-0.1, -0.05) is 26.2 Å². The zero-order valence-electron chi connectivity index (χ0n) is 20.0. The Bertz CT molecular complexity index is 1220. The molecule has 172 valence electrons. The molecule has 0 amide bonds. The van der Waals surface area contributed by atoms with Crippen LogP contribution in [0.4, 0.5) is 0 Å². The summed E-state index contributed by atoms with van der Waals surface area (Å²) in [5.74, 6) is 0. The molecular weight excluding hydrogens is 406 g/mol. The van der Waals surface area contributed by atoms with E-state index >= 15 is 0 Å². The van der Waals surface area contributed by atoms with Crippen molar-refractivity contribution in [1.29, 1.82) is 0 Å². The van der Waals surface area contributed by atoms with E-state index in [0.717, 1.165) is 23.8 Å². The summed E-state index contributed by atoms with van der Waals surface area (Å²) in [6.07, 6.45) is 21.2. The van der Waals surface area contributed by atoms with Crippen LogP contribution in [0.2, 0.25) is 46.2 Å². The molecule has 10 fully saturated rings. The molecule has 0 bridgehead atoms. The van der Waals surface area contributed by atoms with Gasteiger partial charge in [-0.3, -0.25) is 0 Å². The Labute approximate surface area is 175 Å². The van der Waals surface area contributed by atoms with E-state index in [1.54, 1.807) is 19.3 Å². The van der Waals surface area contributed by atoms with E-state index in [9.17, 15) is 0 Å². The summed E-state index contributed by atoms with van der Waals surface area (Å²) in [5, 5.41) is 0. The number of hydrogen-bond acceptors (Lipinski definition) is 1. The van der Waals surface area contributed by atoms with Crippen LogP contribution in [0, 0.1) is 0 Å². The second kappa shape index (κ2) is 2.28. The molecule has 10 heterocycles. The molecule has 0 aromatic heterocycles. The molecule has 2 heteroatoms. The van der Waals surface area contributed by atoms with Crippen LogP contribution in [0.3, 0.4) is 0 Å². The number of fused-ring (bicyclic) bond motifs is 10. The zero-order valence-corrected chi connectivity index (χ0v) is 21.1. The van der Waals surface area contributed by atoms with E-state index in [1.807, 2.05) is 0 Å². The van der Waals surface area contributed by atoms with Gasteiger partial charge in [0.1, 0.15) is 0 Å². The van der Waals surface area contributed by atoms with Gasteiger partial charge in [-0.05, 0) is 0 Å². The molecule has 0 radical (unpaired) electrons. The first-order valence-electron chi connectivity index (χ1n) is 14.2. The van der Waals surface area contributed by atoms with E-state index in [2.05, 4.69) is 20.8 Å². The fraction of sp³-hybridized carbons (Fsp3) is 1.00. The molecule has 5 unspecified atom stereocenters. The summed E-state index contributed by atoms with van der Waals surface area (Å²) in [6, 6.07) is 0. The molecule has 2 N–H and O–H groups in total. The van der Waals surface area contributed by atoms with Gasteiger partial charge in [0.2, 0.25) is 0 Å². The second-order valence-corrected chi connectivity index (χ2v) is 39.4. The minimum absolute atomic E-state index is 0.863. The first-order valence-corrected chi connectivity index (χ1v) is 20.3. The molecule has 1 nitrogen and oxygen atoms in total. The van der Waals surface area contributed by atoms with Gasteiger partial charge in [0.15, 0.2) is 0 Å². The summed E-state index contributed by atoms with van der Waals surface area (Å²) >= 11 is 0. The van der Waals surface area contributed by atoms with Crippen LogP contribution in [0.25, 0.3) is 0 Å². The Morgan fingerprint density at radius 3 is 1.33 bits per heavy atom. The first kappa shape index (κ1) is 17.0. The fourth-order valence-electron chi connectivity index (χ4n) is 24.2. The molecule has 10 rings (SSSR count). The van der Waals surface area contributed by atoms with Crippen molar-refractivity contribution in [3.05, 3.63) is 0 Å². The summed E-state index contributed by atoms with van der Waals surface area (Å²) in [7, 11) is 0. The number of hydrogen-bond donors (Lipinski definition) is 1. The zero-order chi connectivity index (χ0) is 20.4. The third-order valence-corrected chi connectivity index (χ3v) is 69.0. The van der Waals surface area contributed by atoms with Crippen molar-refractivity contribution in [2.24, 2.45) is 5.73 Å². The molecule has 0 saturated carbocycles. The van der Waals surface area contributed by atoms with Crippen LogP contribution < -0.4 is 5.73 Å². The number of rotatable bonds is 15. The van der Waals surface area contributed by atoms with Crippen LogP contribution in [-0.2, 0) is 6.51 Å². The molecule has 0 aromatic rings.